The molecular formula is C15H21NO3. The molecular weight excluding hydrogens is 242 g/mol. The van der Waals surface area contributed by atoms with E-state index in [2.05, 4.69) is 0 Å². The van der Waals surface area contributed by atoms with E-state index in [1.165, 1.54) is 0 Å². The largest absolute Gasteiger partial charge is 0.494 e. The minimum atomic E-state index is -0.363. The van der Waals surface area contributed by atoms with Crippen LogP contribution in [0.2, 0.25) is 0 Å². The summed E-state index contributed by atoms with van der Waals surface area (Å²) in [6.45, 7) is 3.81. The molecule has 1 aliphatic rings. The van der Waals surface area contributed by atoms with E-state index in [4.69, 9.17) is 4.74 Å². The van der Waals surface area contributed by atoms with E-state index in [0.717, 1.165) is 30.7 Å². The van der Waals surface area contributed by atoms with Crippen molar-refractivity contribution in [2.45, 2.75) is 32.3 Å². The molecule has 19 heavy (non-hydrogen) atoms. The van der Waals surface area contributed by atoms with Crippen LogP contribution in [-0.2, 0) is 11.2 Å². The highest BCUT2D eigenvalue weighted by atomic mass is 16.5. The molecule has 2 rings (SSSR count). The zero-order valence-electron chi connectivity index (χ0n) is 11.3. The standard InChI is InChI=1S/C15H21NO3/c1-2-19-14-7-5-12(6-8-14)10-15(18)16-9-3-4-13(17)11-16/h5-8,13,17H,2-4,9-11H2,1H3. The third-order valence-electron chi connectivity index (χ3n) is 3.34. The first-order valence-electron chi connectivity index (χ1n) is 6.86. The van der Waals surface area contributed by atoms with Gasteiger partial charge in [-0.1, -0.05) is 12.1 Å². The van der Waals surface area contributed by atoms with E-state index < -0.39 is 0 Å². The molecule has 4 nitrogen and oxygen atoms in total. The Morgan fingerprint density at radius 2 is 2.16 bits per heavy atom. The molecule has 0 aliphatic carbocycles. The van der Waals surface area contributed by atoms with Crippen molar-refractivity contribution in [2.75, 3.05) is 19.7 Å². The van der Waals surface area contributed by atoms with Crippen molar-refractivity contribution >= 4 is 5.91 Å². The third kappa shape index (κ3) is 3.96. The van der Waals surface area contributed by atoms with Gasteiger partial charge in [0.25, 0.3) is 0 Å². The second-order valence-electron chi connectivity index (χ2n) is 4.89. The number of hydrogen-bond donors (Lipinski definition) is 1. The van der Waals surface area contributed by atoms with Crippen molar-refractivity contribution in [3.05, 3.63) is 29.8 Å². The SMILES string of the molecule is CCOc1ccc(CC(=O)N2CCCC(O)C2)cc1. The Kier molecular flexibility index (Phi) is 4.80. The van der Waals surface area contributed by atoms with Gasteiger partial charge in [-0.15, -0.1) is 0 Å². The lowest BCUT2D eigenvalue weighted by Gasteiger charge is -2.30. The van der Waals surface area contributed by atoms with E-state index in [1.54, 1.807) is 4.90 Å². The molecule has 0 aromatic heterocycles. The number of carbonyl (C=O) groups excluding carboxylic acids is 1. The molecule has 1 atom stereocenters. The number of benzene rings is 1. The highest BCUT2D eigenvalue weighted by molar-refractivity contribution is 5.79. The number of piperidine rings is 1. The molecule has 104 valence electrons. The lowest BCUT2D eigenvalue weighted by atomic mass is 10.1. The van der Waals surface area contributed by atoms with Crippen LogP contribution in [-0.4, -0.2) is 41.7 Å². The van der Waals surface area contributed by atoms with Crippen LogP contribution in [0.1, 0.15) is 25.3 Å². The van der Waals surface area contributed by atoms with Crippen molar-refractivity contribution < 1.29 is 14.6 Å². The van der Waals surface area contributed by atoms with Gasteiger partial charge in [0.2, 0.25) is 5.91 Å². The van der Waals surface area contributed by atoms with Gasteiger partial charge in [0.05, 0.1) is 19.1 Å². The Balaban J connectivity index is 1.90. The van der Waals surface area contributed by atoms with Gasteiger partial charge in [0.1, 0.15) is 5.75 Å². The number of aliphatic hydroxyl groups is 1. The summed E-state index contributed by atoms with van der Waals surface area (Å²) in [5, 5.41) is 9.58. The first kappa shape index (κ1) is 13.9. The molecule has 1 N–H and O–H groups in total. The average Bonchev–Trinajstić information content (AvgIpc) is 2.41. The second kappa shape index (κ2) is 6.57. The maximum Gasteiger partial charge on any atom is 0.227 e. The zero-order chi connectivity index (χ0) is 13.7. The summed E-state index contributed by atoms with van der Waals surface area (Å²) in [5.41, 5.74) is 0.980. The molecule has 0 spiro atoms. The fraction of sp³-hybridized carbons (Fsp3) is 0.533. The summed E-state index contributed by atoms with van der Waals surface area (Å²) < 4.78 is 5.37. The minimum Gasteiger partial charge on any atom is -0.494 e. The monoisotopic (exact) mass is 263 g/mol. The second-order valence-corrected chi connectivity index (χ2v) is 4.89. The van der Waals surface area contributed by atoms with Gasteiger partial charge in [-0.3, -0.25) is 4.79 Å². The fourth-order valence-corrected chi connectivity index (χ4v) is 2.34. The molecule has 1 heterocycles. The average molecular weight is 263 g/mol. The lowest BCUT2D eigenvalue weighted by molar-refractivity contribution is -0.133. The number of carbonyl (C=O) groups is 1. The first-order valence-corrected chi connectivity index (χ1v) is 6.86. The van der Waals surface area contributed by atoms with Crippen molar-refractivity contribution in [1.82, 2.24) is 4.90 Å². The van der Waals surface area contributed by atoms with Crippen LogP contribution in [0, 0.1) is 0 Å². The van der Waals surface area contributed by atoms with Gasteiger partial charge in [0, 0.05) is 13.1 Å². The maximum absolute atomic E-state index is 12.1. The van der Waals surface area contributed by atoms with E-state index in [1.807, 2.05) is 31.2 Å². The number of hydrogen-bond acceptors (Lipinski definition) is 3. The number of nitrogens with zero attached hydrogens (tertiary/aromatic N) is 1. The normalized spacial score (nSPS) is 19.3. The summed E-state index contributed by atoms with van der Waals surface area (Å²) in [6, 6.07) is 7.61. The van der Waals surface area contributed by atoms with Crippen LogP contribution in [0.5, 0.6) is 5.75 Å². The summed E-state index contributed by atoms with van der Waals surface area (Å²) in [4.78, 5) is 13.9. The van der Waals surface area contributed by atoms with E-state index in [9.17, 15) is 9.90 Å². The highest BCUT2D eigenvalue weighted by Gasteiger charge is 2.21. The lowest BCUT2D eigenvalue weighted by Crippen LogP contribution is -2.42. The van der Waals surface area contributed by atoms with Gasteiger partial charge in [-0.2, -0.15) is 0 Å². The topological polar surface area (TPSA) is 49.8 Å². The van der Waals surface area contributed by atoms with Crippen LogP contribution in [0.4, 0.5) is 0 Å². The Bertz CT molecular complexity index is 416. The number of ether oxygens (including phenoxy) is 1. The van der Waals surface area contributed by atoms with Gasteiger partial charge in [-0.05, 0) is 37.5 Å². The third-order valence-corrected chi connectivity index (χ3v) is 3.34. The molecule has 1 unspecified atom stereocenters. The molecule has 0 saturated carbocycles. The van der Waals surface area contributed by atoms with Crippen molar-refractivity contribution in [2.24, 2.45) is 0 Å². The first-order chi connectivity index (χ1) is 9.19. The summed E-state index contributed by atoms with van der Waals surface area (Å²) in [5.74, 6) is 0.912. The van der Waals surface area contributed by atoms with E-state index in [0.29, 0.717) is 19.6 Å². The zero-order valence-corrected chi connectivity index (χ0v) is 11.3. The molecule has 1 aromatic carbocycles. The quantitative estimate of drug-likeness (QED) is 0.898. The summed E-state index contributed by atoms with van der Waals surface area (Å²) in [6.07, 6.45) is 1.71. The van der Waals surface area contributed by atoms with E-state index >= 15 is 0 Å². The number of amides is 1. The van der Waals surface area contributed by atoms with Gasteiger partial charge in [-0.25, -0.2) is 0 Å². The van der Waals surface area contributed by atoms with Gasteiger partial charge in [0.15, 0.2) is 0 Å². The minimum absolute atomic E-state index is 0.0860. The molecule has 0 radical (unpaired) electrons. The van der Waals surface area contributed by atoms with Gasteiger partial charge >= 0.3 is 0 Å². The number of β-amino-alcohol motifs (C(OH)–C–C–N with tert-alkyl or cyclic N) is 1. The highest BCUT2D eigenvalue weighted by Crippen LogP contribution is 2.15. The Morgan fingerprint density at radius 3 is 2.79 bits per heavy atom. The predicted octanol–water partition coefficient (Wildman–Crippen LogP) is 1.61. The number of rotatable bonds is 4. The van der Waals surface area contributed by atoms with Crippen LogP contribution in [0.25, 0.3) is 0 Å². The molecule has 4 heteroatoms. The van der Waals surface area contributed by atoms with Crippen LogP contribution in [0.15, 0.2) is 24.3 Å². The molecule has 1 fully saturated rings. The molecule has 0 bridgehead atoms. The van der Waals surface area contributed by atoms with Crippen molar-refractivity contribution in [3.63, 3.8) is 0 Å². The van der Waals surface area contributed by atoms with Crippen molar-refractivity contribution in [3.8, 4) is 5.75 Å². The maximum atomic E-state index is 12.1. The Labute approximate surface area is 114 Å². The number of likely N-dealkylation sites (tertiary alicyclic amines) is 1. The Morgan fingerprint density at radius 1 is 1.42 bits per heavy atom. The molecule has 1 amide bonds. The van der Waals surface area contributed by atoms with E-state index in [-0.39, 0.29) is 12.0 Å². The molecule has 1 aliphatic heterocycles. The molecule has 1 saturated heterocycles. The Hall–Kier alpha value is -1.55. The van der Waals surface area contributed by atoms with Gasteiger partial charge < -0.3 is 14.7 Å². The van der Waals surface area contributed by atoms with Crippen LogP contribution >= 0.6 is 0 Å². The summed E-state index contributed by atoms with van der Waals surface area (Å²) >= 11 is 0. The molecule has 1 aromatic rings. The summed E-state index contributed by atoms with van der Waals surface area (Å²) in [7, 11) is 0. The number of aliphatic hydroxyl groups excluding tert-OH is 1. The fourth-order valence-electron chi connectivity index (χ4n) is 2.34. The predicted molar refractivity (Wildman–Crippen MR) is 73.1 cm³/mol. The van der Waals surface area contributed by atoms with Crippen LogP contribution < -0.4 is 4.74 Å². The smallest absolute Gasteiger partial charge is 0.227 e. The van der Waals surface area contributed by atoms with Crippen LogP contribution in [0.3, 0.4) is 0 Å². The van der Waals surface area contributed by atoms with Crippen molar-refractivity contribution in [1.29, 1.82) is 0 Å².